The van der Waals surface area contributed by atoms with Crippen LogP contribution in [0.4, 0.5) is 0 Å². The minimum Gasteiger partial charge on any atom is -0.375 e. The van der Waals surface area contributed by atoms with Crippen molar-refractivity contribution in [1.29, 1.82) is 0 Å². The Morgan fingerprint density at radius 2 is 2.19 bits per heavy atom. The van der Waals surface area contributed by atoms with Gasteiger partial charge in [-0.3, -0.25) is 14.6 Å². The molecule has 1 aliphatic rings. The summed E-state index contributed by atoms with van der Waals surface area (Å²) in [7, 11) is 1.49. The lowest BCUT2D eigenvalue weighted by molar-refractivity contribution is -0.125. The van der Waals surface area contributed by atoms with E-state index in [4.69, 9.17) is 16.3 Å². The first-order valence-electron chi connectivity index (χ1n) is 6.79. The number of hydrogen-bond donors (Lipinski definition) is 1. The number of carbonyl (C=O) groups is 2. The van der Waals surface area contributed by atoms with Crippen molar-refractivity contribution in [3.8, 4) is 0 Å². The summed E-state index contributed by atoms with van der Waals surface area (Å²) in [5, 5.41) is 3.25. The molecule has 6 nitrogen and oxygen atoms in total. The van der Waals surface area contributed by atoms with Crippen LogP contribution in [0.15, 0.2) is 18.5 Å². The molecule has 0 spiro atoms. The quantitative estimate of drug-likeness (QED) is 0.904. The molecule has 0 bridgehead atoms. The van der Waals surface area contributed by atoms with Crippen LogP contribution in [0.5, 0.6) is 0 Å². The number of ether oxygens (including phenoxy) is 1. The van der Waals surface area contributed by atoms with Gasteiger partial charge in [-0.15, -0.1) is 0 Å². The third-order valence-electron chi connectivity index (χ3n) is 3.43. The molecule has 7 heteroatoms. The zero-order chi connectivity index (χ0) is 15.2. The second-order valence-corrected chi connectivity index (χ2v) is 5.33. The molecule has 1 aromatic heterocycles. The van der Waals surface area contributed by atoms with Gasteiger partial charge in [0.25, 0.3) is 5.91 Å². The lowest BCUT2D eigenvalue weighted by atomic mass is 10.0. The largest absolute Gasteiger partial charge is 0.375 e. The molecule has 1 fully saturated rings. The molecule has 2 heterocycles. The number of halogens is 1. The SMILES string of the molecule is COCC(=O)NC1CCN(C(=O)c2ccncc2Cl)CC1. The molecule has 0 unspecified atom stereocenters. The number of aromatic nitrogens is 1. The topological polar surface area (TPSA) is 71.5 Å². The van der Waals surface area contributed by atoms with Crippen molar-refractivity contribution in [3.63, 3.8) is 0 Å². The van der Waals surface area contributed by atoms with Crippen LogP contribution in [0.3, 0.4) is 0 Å². The third-order valence-corrected chi connectivity index (χ3v) is 3.73. The summed E-state index contributed by atoms with van der Waals surface area (Å²) in [5.41, 5.74) is 0.466. The number of hydrogen-bond acceptors (Lipinski definition) is 4. The second kappa shape index (κ2) is 7.38. The minimum absolute atomic E-state index is 0.0613. The molecular formula is C14H18ClN3O3. The van der Waals surface area contributed by atoms with Gasteiger partial charge in [-0.05, 0) is 18.9 Å². The van der Waals surface area contributed by atoms with Crippen molar-refractivity contribution in [2.75, 3.05) is 26.8 Å². The molecule has 0 saturated carbocycles. The lowest BCUT2D eigenvalue weighted by Gasteiger charge is -2.32. The van der Waals surface area contributed by atoms with Gasteiger partial charge >= 0.3 is 0 Å². The number of pyridine rings is 1. The van der Waals surface area contributed by atoms with Gasteiger partial charge in [-0.25, -0.2) is 0 Å². The van der Waals surface area contributed by atoms with Crippen LogP contribution in [0.1, 0.15) is 23.2 Å². The molecule has 0 radical (unpaired) electrons. The smallest absolute Gasteiger partial charge is 0.255 e. The Labute approximate surface area is 128 Å². The summed E-state index contributed by atoms with van der Waals surface area (Å²) < 4.78 is 4.78. The van der Waals surface area contributed by atoms with Gasteiger partial charge in [0.2, 0.25) is 5.91 Å². The van der Waals surface area contributed by atoms with E-state index >= 15 is 0 Å². The van der Waals surface area contributed by atoms with E-state index < -0.39 is 0 Å². The summed E-state index contributed by atoms with van der Waals surface area (Å²) in [5.74, 6) is -0.219. The molecule has 0 aromatic carbocycles. The molecule has 0 aliphatic carbocycles. The third kappa shape index (κ3) is 4.15. The Balaban J connectivity index is 1.88. The van der Waals surface area contributed by atoms with E-state index in [-0.39, 0.29) is 24.5 Å². The lowest BCUT2D eigenvalue weighted by Crippen LogP contribution is -2.47. The molecule has 1 aliphatic heterocycles. The highest BCUT2D eigenvalue weighted by Crippen LogP contribution is 2.19. The zero-order valence-electron chi connectivity index (χ0n) is 11.8. The first-order chi connectivity index (χ1) is 10.1. The van der Waals surface area contributed by atoms with Crippen molar-refractivity contribution < 1.29 is 14.3 Å². The van der Waals surface area contributed by atoms with Crippen LogP contribution in [-0.4, -0.2) is 54.5 Å². The first kappa shape index (κ1) is 15.7. The normalized spacial score (nSPS) is 15.8. The van der Waals surface area contributed by atoms with E-state index in [0.717, 1.165) is 12.8 Å². The van der Waals surface area contributed by atoms with Crippen LogP contribution >= 0.6 is 11.6 Å². The molecule has 1 aromatic rings. The fourth-order valence-electron chi connectivity index (χ4n) is 2.35. The van der Waals surface area contributed by atoms with E-state index in [9.17, 15) is 9.59 Å². The molecule has 114 valence electrons. The van der Waals surface area contributed by atoms with Gasteiger partial charge in [-0.2, -0.15) is 0 Å². The number of nitrogens with one attached hydrogen (secondary N) is 1. The second-order valence-electron chi connectivity index (χ2n) is 4.92. The monoisotopic (exact) mass is 311 g/mol. The molecule has 1 N–H and O–H groups in total. The molecule has 1 saturated heterocycles. The van der Waals surface area contributed by atoms with Crippen LogP contribution in [0.25, 0.3) is 0 Å². The van der Waals surface area contributed by atoms with Crippen LogP contribution in [-0.2, 0) is 9.53 Å². The van der Waals surface area contributed by atoms with E-state index in [1.165, 1.54) is 13.3 Å². The zero-order valence-corrected chi connectivity index (χ0v) is 12.6. The number of piperidine rings is 1. The number of nitrogens with zero attached hydrogens (tertiary/aromatic N) is 2. The van der Waals surface area contributed by atoms with Crippen molar-refractivity contribution in [1.82, 2.24) is 15.2 Å². The molecule has 2 amide bonds. The summed E-state index contributed by atoms with van der Waals surface area (Å²) in [6.07, 6.45) is 4.47. The maximum atomic E-state index is 12.4. The Kier molecular flexibility index (Phi) is 5.52. The summed E-state index contributed by atoms with van der Waals surface area (Å²) in [6, 6.07) is 1.71. The number of amides is 2. The summed E-state index contributed by atoms with van der Waals surface area (Å²) in [6.45, 7) is 1.25. The average molecular weight is 312 g/mol. The number of methoxy groups -OCH3 is 1. The predicted molar refractivity (Wildman–Crippen MR) is 78.2 cm³/mol. The fourth-order valence-corrected chi connectivity index (χ4v) is 2.55. The van der Waals surface area contributed by atoms with Crippen molar-refractivity contribution in [2.24, 2.45) is 0 Å². The van der Waals surface area contributed by atoms with E-state index in [1.54, 1.807) is 17.2 Å². The number of rotatable bonds is 4. The van der Waals surface area contributed by atoms with Crippen LogP contribution in [0.2, 0.25) is 5.02 Å². The first-order valence-corrected chi connectivity index (χ1v) is 7.16. The molecule has 2 rings (SSSR count). The number of carbonyl (C=O) groups excluding carboxylic acids is 2. The van der Waals surface area contributed by atoms with Gasteiger partial charge in [0.1, 0.15) is 6.61 Å². The van der Waals surface area contributed by atoms with Gasteiger partial charge in [0.15, 0.2) is 0 Å². The Morgan fingerprint density at radius 1 is 1.48 bits per heavy atom. The molecular weight excluding hydrogens is 294 g/mol. The highest BCUT2D eigenvalue weighted by Gasteiger charge is 2.25. The molecule has 0 atom stereocenters. The Morgan fingerprint density at radius 3 is 2.81 bits per heavy atom. The summed E-state index contributed by atoms with van der Waals surface area (Å²) in [4.78, 5) is 29.4. The van der Waals surface area contributed by atoms with Crippen LogP contribution < -0.4 is 5.32 Å². The van der Waals surface area contributed by atoms with Crippen molar-refractivity contribution in [2.45, 2.75) is 18.9 Å². The van der Waals surface area contributed by atoms with Crippen molar-refractivity contribution >= 4 is 23.4 Å². The maximum absolute atomic E-state index is 12.4. The average Bonchev–Trinajstić information content (AvgIpc) is 2.48. The summed E-state index contributed by atoms with van der Waals surface area (Å²) >= 11 is 5.99. The maximum Gasteiger partial charge on any atom is 0.255 e. The standard InChI is InChI=1S/C14H18ClN3O3/c1-21-9-13(19)17-10-3-6-18(7-4-10)14(20)11-2-5-16-8-12(11)15/h2,5,8,10H,3-4,6-7,9H2,1H3,(H,17,19). The number of likely N-dealkylation sites (tertiary alicyclic amines) is 1. The Bertz CT molecular complexity index is 516. The molecule has 21 heavy (non-hydrogen) atoms. The van der Waals surface area contributed by atoms with E-state index in [1.807, 2.05) is 0 Å². The fraction of sp³-hybridized carbons (Fsp3) is 0.500. The van der Waals surface area contributed by atoms with Gasteiger partial charge in [-0.1, -0.05) is 11.6 Å². The van der Waals surface area contributed by atoms with Crippen molar-refractivity contribution in [3.05, 3.63) is 29.0 Å². The minimum atomic E-state index is -0.126. The van der Waals surface area contributed by atoms with E-state index in [2.05, 4.69) is 10.3 Å². The predicted octanol–water partition coefficient (Wildman–Crippen LogP) is 1.10. The van der Waals surface area contributed by atoms with Crippen LogP contribution in [0, 0.1) is 0 Å². The van der Waals surface area contributed by atoms with Gasteiger partial charge < -0.3 is 15.0 Å². The van der Waals surface area contributed by atoms with E-state index in [0.29, 0.717) is 23.7 Å². The van der Waals surface area contributed by atoms with Gasteiger partial charge in [0.05, 0.1) is 10.6 Å². The highest BCUT2D eigenvalue weighted by atomic mass is 35.5. The van der Waals surface area contributed by atoms with Gasteiger partial charge in [0, 0.05) is 38.6 Å². The Hall–Kier alpha value is -1.66. The highest BCUT2D eigenvalue weighted by molar-refractivity contribution is 6.33.